The van der Waals surface area contributed by atoms with E-state index in [4.69, 9.17) is 5.11 Å². The summed E-state index contributed by atoms with van der Waals surface area (Å²) in [6.07, 6.45) is 0.124. The van der Waals surface area contributed by atoms with Crippen molar-refractivity contribution in [3.8, 4) is 0 Å². The predicted octanol–water partition coefficient (Wildman–Crippen LogP) is 2.55. The van der Waals surface area contributed by atoms with Crippen LogP contribution in [0.15, 0.2) is 18.2 Å². The van der Waals surface area contributed by atoms with Gasteiger partial charge in [0.25, 0.3) is 0 Å². The molecule has 0 amide bonds. The van der Waals surface area contributed by atoms with E-state index in [0.29, 0.717) is 11.1 Å². The van der Waals surface area contributed by atoms with Crippen molar-refractivity contribution in [3.63, 3.8) is 0 Å². The van der Waals surface area contributed by atoms with E-state index < -0.39 is 12.0 Å². The molecular weight excluding hydrogens is 261 g/mol. The van der Waals surface area contributed by atoms with Crippen LogP contribution in [-0.4, -0.2) is 28.9 Å². The van der Waals surface area contributed by atoms with Gasteiger partial charge < -0.3 is 10.4 Å². The average molecular weight is 281 g/mol. The summed E-state index contributed by atoms with van der Waals surface area (Å²) >= 11 is 0. The molecule has 2 N–H and O–H groups in total. The third kappa shape index (κ3) is 4.74. The lowest BCUT2D eigenvalue weighted by Crippen LogP contribution is -2.41. The van der Waals surface area contributed by atoms with Gasteiger partial charge in [-0.1, -0.05) is 13.8 Å². The summed E-state index contributed by atoms with van der Waals surface area (Å²) in [4.78, 5) is 23.0. The lowest BCUT2D eigenvalue weighted by molar-refractivity contribution is -0.137. The SMILES string of the molecule is Cc1cc(C(=O)C(CCC(=O)O)NC(C)C)ccc1F. The Morgan fingerprint density at radius 3 is 2.50 bits per heavy atom. The zero-order valence-corrected chi connectivity index (χ0v) is 11.9. The van der Waals surface area contributed by atoms with Crippen LogP contribution >= 0.6 is 0 Å². The highest BCUT2D eigenvalue weighted by atomic mass is 19.1. The molecular formula is C15H20FNO3. The lowest BCUT2D eigenvalue weighted by atomic mass is 9.98. The number of halogens is 1. The molecule has 0 saturated heterocycles. The highest BCUT2D eigenvalue weighted by Crippen LogP contribution is 2.13. The second kappa shape index (κ2) is 7.14. The van der Waals surface area contributed by atoms with E-state index in [0.717, 1.165) is 0 Å². The molecule has 5 heteroatoms. The van der Waals surface area contributed by atoms with E-state index in [-0.39, 0.29) is 30.5 Å². The molecule has 0 aliphatic carbocycles. The number of benzene rings is 1. The quantitative estimate of drug-likeness (QED) is 0.754. The van der Waals surface area contributed by atoms with Gasteiger partial charge in [-0.3, -0.25) is 9.59 Å². The molecule has 0 bridgehead atoms. The number of ketones is 1. The fourth-order valence-corrected chi connectivity index (χ4v) is 1.96. The molecule has 1 unspecified atom stereocenters. The number of hydrogen-bond donors (Lipinski definition) is 2. The lowest BCUT2D eigenvalue weighted by Gasteiger charge is -2.19. The van der Waals surface area contributed by atoms with Gasteiger partial charge in [0.2, 0.25) is 0 Å². The molecule has 1 rings (SSSR count). The number of nitrogens with one attached hydrogen (secondary N) is 1. The van der Waals surface area contributed by atoms with Crippen LogP contribution in [0.2, 0.25) is 0 Å². The Morgan fingerprint density at radius 2 is 2.00 bits per heavy atom. The van der Waals surface area contributed by atoms with Crippen LogP contribution in [0.1, 0.15) is 42.6 Å². The number of Topliss-reactive ketones (excluding diaryl/α,β-unsaturated/α-hetero) is 1. The summed E-state index contributed by atoms with van der Waals surface area (Å²) in [6, 6.07) is 3.66. The molecule has 0 aliphatic rings. The Labute approximate surface area is 118 Å². The van der Waals surface area contributed by atoms with E-state index in [1.165, 1.54) is 18.2 Å². The minimum atomic E-state index is -0.941. The largest absolute Gasteiger partial charge is 0.481 e. The molecule has 0 spiro atoms. The van der Waals surface area contributed by atoms with Crippen LogP contribution in [0.5, 0.6) is 0 Å². The number of aliphatic carboxylic acids is 1. The van der Waals surface area contributed by atoms with Crippen LogP contribution in [0, 0.1) is 12.7 Å². The third-order valence-electron chi connectivity index (χ3n) is 2.94. The molecule has 0 aliphatic heterocycles. The topological polar surface area (TPSA) is 66.4 Å². The molecule has 0 heterocycles. The van der Waals surface area contributed by atoms with E-state index in [1.54, 1.807) is 6.92 Å². The second-order valence-electron chi connectivity index (χ2n) is 5.13. The fourth-order valence-electron chi connectivity index (χ4n) is 1.96. The maximum atomic E-state index is 13.2. The monoisotopic (exact) mass is 281 g/mol. The first kappa shape index (κ1) is 16.3. The van der Waals surface area contributed by atoms with Gasteiger partial charge in [0.15, 0.2) is 5.78 Å². The molecule has 1 aromatic carbocycles. The van der Waals surface area contributed by atoms with Crippen molar-refractivity contribution in [2.75, 3.05) is 0 Å². The smallest absolute Gasteiger partial charge is 0.303 e. The number of carboxylic acid groups (broad SMARTS) is 1. The summed E-state index contributed by atoms with van der Waals surface area (Å²) in [5.74, 6) is -1.51. The van der Waals surface area contributed by atoms with Crippen LogP contribution in [-0.2, 0) is 4.79 Å². The highest BCUT2D eigenvalue weighted by Gasteiger charge is 2.22. The Balaban J connectivity index is 2.90. The van der Waals surface area contributed by atoms with E-state index >= 15 is 0 Å². The van der Waals surface area contributed by atoms with Gasteiger partial charge >= 0.3 is 5.97 Å². The van der Waals surface area contributed by atoms with Crippen LogP contribution in [0.3, 0.4) is 0 Å². The van der Waals surface area contributed by atoms with Gasteiger partial charge in [0, 0.05) is 18.0 Å². The molecule has 1 aromatic rings. The summed E-state index contributed by atoms with van der Waals surface area (Å²) in [7, 11) is 0. The summed E-state index contributed by atoms with van der Waals surface area (Å²) in [5.41, 5.74) is 0.796. The summed E-state index contributed by atoms with van der Waals surface area (Å²) in [6.45, 7) is 5.36. The first-order valence-electron chi connectivity index (χ1n) is 6.59. The van der Waals surface area contributed by atoms with Gasteiger partial charge in [0.1, 0.15) is 5.82 Å². The molecule has 1 atom stereocenters. The van der Waals surface area contributed by atoms with Gasteiger partial charge in [0.05, 0.1) is 6.04 Å². The number of hydrogen-bond acceptors (Lipinski definition) is 3. The van der Waals surface area contributed by atoms with Crippen molar-refractivity contribution in [3.05, 3.63) is 35.1 Å². The van der Waals surface area contributed by atoms with Crippen LogP contribution in [0.25, 0.3) is 0 Å². The molecule has 110 valence electrons. The Hall–Kier alpha value is -1.75. The maximum Gasteiger partial charge on any atom is 0.303 e. The first-order chi connectivity index (χ1) is 9.31. The van der Waals surface area contributed by atoms with Crippen molar-refractivity contribution in [2.24, 2.45) is 0 Å². The Bertz CT molecular complexity index is 500. The summed E-state index contributed by atoms with van der Waals surface area (Å²) in [5, 5.41) is 11.8. The van der Waals surface area contributed by atoms with Gasteiger partial charge in [-0.05, 0) is 37.1 Å². The van der Waals surface area contributed by atoms with Crippen molar-refractivity contribution in [1.29, 1.82) is 0 Å². The molecule has 4 nitrogen and oxygen atoms in total. The average Bonchev–Trinajstić information content (AvgIpc) is 2.36. The fraction of sp³-hybridized carbons (Fsp3) is 0.467. The minimum Gasteiger partial charge on any atom is -0.481 e. The molecule has 0 saturated carbocycles. The van der Waals surface area contributed by atoms with E-state index in [2.05, 4.69) is 5.32 Å². The zero-order valence-electron chi connectivity index (χ0n) is 11.9. The van der Waals surface area contributed by atoms with Gasteiger partial charge in [-0.15, -0.1) is 0 Å². The Morgan fingerprint density at radius 1 is 1.35 bits per heavy atom. The second-order valence-corrected chi connectivity index (χ2v) is 5.13. The predicted molar refractivity (Wildman–Crippen MR) is 74.4 cm³/mol. The van der Waals surface area contributed by atoms with Gasteiger partial charge in [-0.2, -0.15) is 0 Å². The number of carbonyl (C=O) groups is 2. The van der Waals surface area contributed by atoms with Crippen LogP contribution < -0.4 is 5.32 Å². The molecule has 0 aromatic heterocycles. The number of carbonyl (C=O) groups excluding carboxylic acids is 1. The number of rotatable bonds is 7. The Kier molecular flexibility index (Phi) is 5.82. The number of carboxylic acids is 1. The van der Waals surface area contributed by atoms with Crippen molar-refractivity contribution in [2.45, 2.75) is 45.7 Å². The highest BCUT2D eigenvalue weighted by molar-refractivity contribution is 6.00. The van der Waals surface area contributed by atoms with Crippen molar-refractivity contribution >= 4 is 11.8 Å². The summed E-state index contributed by atoms with van der Waals surface area (Å²) < 4.78 is 13.2. The first-order valence-corrected chi connectivity index (χ1v) is 6.59. The van der Waals surface area contributed by atoms with Crippen molar-refractivity contribution in [1.82, 2.24) is 5.32 Å². The molecule has 20 heavy (non-hydrogen) atoms. The standard InChI is InChI=1S/C15H20FNO3/c1-9(2)17-13(6-7-14(18)19)15(20)11-4-5-12(16)10(3)8-11/h4-5,8-9,13,17H,6-7H2,1-3H3,(H,18,19). The molecule has 0 radical (unpaired) electrons. The van der Waals surface area contributed by atoms with E-state index in [1.807, 2.05) is 13.8 Å². The third-order valence-corrected chi connectivity index (χ3v) is 2.94. The normalized spacial score (nSPS) is 12.4. The maximum absolute atomic E-state index is 13.2. The minimum absolute atomic E-state index is 0.0549. The zero-order chi connectivity index (χ0) is 15.3. The number of aryl methyl sites for hydroxylation is 1. The molecule has 0 fully saturated rings. The van der Waals surface area contributed by atoms with Gasteiger partial charge in [-0.25, -0.2) is 4.39 Å². The van der Waals surface area contributed by atoms with Crippen molar-refractivity contribution < 1.29 is 19.1 Å². The van der Waals surface area contributed by atoms with Crippen LogP contribution in [0.4, 0.5) is 4.39 Å². The van der Waals surface area contributed by atoms with E-state index in [9.17, 15) is 14.0 Å².